The van der Waals surface area contributed by atoms with E-state index in [4.69, 9.17) is 18.9 Å². The number of nitrogens with zero attached hydrogens (tertiary/aromatic N) is 1. The van der Waals surface area contributed by atoms with Crippen LogP contribution in [0, 0.1) is 0 Å². The minimum absolute atomic E-state index is 0.0261. The lowest BCUT2D eigenvalue weighted by Crippen LogP contribution is -2.48. The van der Waals surface area contributed by atoms with Crippen LogP contribution in [0.15, 0.2) is 18.2 Å². The van der Waals surface area contributed by atoms with E-state index < -0.39 is 0 Å². The molecule has 7 nitrogen and oxygen atoms in total. The maximum absolute atomic E-state index is 12.5. The molecule has 1 saturated heterocycles. The van der Waals surface area contributed by atoms with Crippen LogP contribution in [-0.2, 0) is 15.9 Å². The fourth-order valence-corrected chi connectivity index (χ4v) is 3.19. The Hall–Kier alpha value is -1.99. The van der Waals surface area contributed by atoms with Crippen LogP contribution in [0.25, 0.3) is 0 Å². The third-order valence-electron chi connectivity index (χ3n) is 4.58. The summed E-state index contributed by atoms with van der Waals surface area (Å²) in [5, 5.41) is 3.07. The molecule has 1 N–H and O–H groups in total. The van der Waals surface area contributed by atoms with Crippen LogP contribution in [0.5, 0.6) is 11.5 Å². The first kappa shape index (κ1) is 17.8. The Balaban J connectivity index is 1.47. The van der Waals surface area contributed by atoms with E-state index in [1.54, 1.807) is 19.1 Å². The van der Waals surface area contributed by atoms with Crippen molar-refractivity contribution in [3.05, 3.63) is 23.8 Å². The molecule has 2 heterocycles. The van der Waals surface area contributed by atoms with Crippen molar-refractivity contribution in [2.24, 2.45) is 0 Å². The summed E-state index contributed by atoms with van der Waals surface area (Å²) in [6.45, 7) is 2.94. The maximum atomic E-state index is 12.5. The number of likely N-dealkylation sites (tertiary alicyclic amines) is 1. The molecule has 0 aliphatic carbocycles. The number of ether oxygens (including phenoxy) is 4. The second-order valence-electron chi connectivity index (χ2n) is 6.36. The molecule has 0 aromatic heterocycles. The average molecular weight is 350 g/mol. The van der Waals surface area contributed by atoms with Gasteiger partial charge in [-0.15, -0.1) is 0 Å². The number of carbonyl (C=O) groups excluding carboxylic acids is 1. The molecular formula is C18H26N2O5. The lowest BCUT2D eigenvalue weighted by Gasteiger charge is -2.28. The van der Waals surface area contributed by atoms with Crippen molar-refractivity contribution in [1.82, 2.24) is 10.2 Å². The smallest absolute Gasteiger partial charge is 0.317 e. The molecule has 1 aromatic rings. The highest BCUT2D eigenvalue weighted by Crippen LogP contribution is 2.29. The third-order valence-corrected chi connectivity index (χ3v) is 4.58. The molecule has 2 atom stereocenters. The Morgan fingerprint density at radius 1 is 1.36 bits per heavy atom. The fraction of sp³-hybridized carbons (Fsp3) is 0.611. The first-order valence-corrected chi connectivity index (χ1v) is 8.65. The fourth-order valence-electron chi connectivity index (χ4n) is 3.19. The minimum Gasteiger partial charge on any atom is -0.497 e. The van der Waals surface area contributed by atoms with Gasteiger partial charge < -0.3 is 29.2 Å². The number of hydrogen-bond donors (Lipinski definition) is 1. The summed E-state index contributed by atoms with van der Waals surface area (Å²) in [7, 11) is 3.29. The molecule has 2 aliphatic rings. The second kappa shape index (κ2) is 8.40. The molecule has 0 saturated carbocycles. The van der Waals surface area contributed by atoms with Gasteiger partial charge in [-0.05, 0) is 24.5 Å². The predicted molar refractivity (Wildman–Crippen MR) is 92.3 cm³/mol. The van der Waals surface area contributed by atoms with Crippen LogP contribution < -0.4 is 14.8 Å². The zero-order chi connectivity index (χ0) is 17.6. The minimum atomic E-state index is -0.0524. The Morgan fingerprint density at radius 3 is 3.04 bits per heavy atom. The zero-order valence-corrected chi connectivity index (χ0v) is 14.8. The van der Waals surface area contributed by atoms with E-state index in [0.717, 1.165) is 29.9 Å². The molecule has 0 spiro atoms. The van der Waals surface area contributed by atoms with Crippen molar-refractivity contribution in [2.75, 3.05) is 47.1 Å². The van der Waals surface area contributed by atoms with Crippen molar-refractivity contribution in [3.63, 3.8) is 0 Å². The molecule has 25 heavy (non-hydrogen) atoms. The van der Waals surface area contributed by atoms with Crippen molar-refractivity contribution in [3.8, 4) is 11.5 Å². The van der Waals surface area contributed by atoms with Gasteiger partial charge in [-0.3, -0.25) is 0 Å². The van der Waals surface area contributed by atoms with Gasteiger partial charge in [0.25, 0.3) is 0 Å². The predicted octanol–water partition coefficient (Wildman–Crippen LogP) is 1.45. The van der Waals surface area contributed by atoms with Gasteiger partial charge in [0, 0.05) is 26.3 Å². The van der Waals surface area contributed by atoms with Gasteiger partial charge in [-0.2, -0.15) is 0 Å². The lowest BCUT2D eigenvalue weighted by atomic mass is 10.0. The van der Waals surface area contributed by atoms with Crippen LogP contribution in [-0.4, -0.2) is 70.2 Å². The Kier molecular flexibility index (Phi) is 5.99. The topological polar surface area (TPSA) is 69.3 Å². The standard InChI is InChI=1S/C18H26N2O5/c1-22-7-8-24-16-5-6-20(11-16)18(21)19-14-9-13-3-4-15(23-2)10-17(13)25-12-14/h3-4,10,14,16H,5-9,11-12H2,1-2H3,(H,19,21). The second-order valence-corrected chi connectivity index (χ2v) is 6.36. The van der Waals surface area contributed by atoms with E-state index in [-0.39, 0.29) is 18.2 Å². The monoisotopic (exact) mass is 350 g/mol. The van der Waals surface area contributed by atoms with Crippen molar-refractivity contribution in [1.29, 1.82) is 0 Å². The highest BCUT2D eigenvalue weighted by molar-refractivity contribution is 5.75. The highest BCUT2D eigenvalue weighted by Gasteiger charge is 2.29. The summed E-state index contributed by atoms with van der Waals surface area (Å²) < 4.78 is 21.7. The molecule has 7 heteroatoms. The molecule has 2 unspecified atom stereocenters. The normalized spacial score (nSPS) is 22.2. The van der Waals surface area contributed by atoms with Crippen LogP contribution in [0.2, 0.25) is 0 Å². The van der Waals surface area contributed by atoms with Gasteiger partial charge in [0.05, 0.1) is 32.5 Å². The first-order valence-electron chi connectivity index (χ1n) is 8.65. The number of urea groups is 1. The summed E-state index contributed by atoms with van der Waals surface area (Å²) in [5.74, 6) is 1.61. The maximum Gasteiger partial charge on any atom is 0.317 e. The van der Waals surface area contributed by atoms with E-state index >= 15 is 0 Å². The van der Waals surface area contributed by atoms with Gasteiger partial charge in [-0.25, -0.2) is 4.79 Å². The molecule has 1 fully saturated rings. The highest BCUT2D eigenvalue weighted by atomic mass is 16.5. The SMILES string of the molecule is COCCOC1CCN(C(=O)NC2COc3cc(OC)ccc3C2)C1. The molecular weight excluding hydrogens is 324 g/mol. The van der Waals surface area contributed by atoms with Crippen LogP contribution in [0.4, 0.5) is 4.79 Å². The number of benzene rings is 1. The van der Waals surface area contributed by atoms with Gasteiger partial charge in [0.1, 0.15) is 18.1 Å². The van der Waals surface area contributed by atoms with Gasteiger partial charge >= 0.3 is 6.03 Å². The summed E-state index contributed by atoms with van der Waals surface area (Å²) in [5.41, 5.74) is 1.08. The molecule has 3 rings (SSSR count). The van der Waals surface area contributed by atoms with Gasteiger partial charge in [0.2, 0.25) is 0 Å². The molecule has 0 radical (unpaired) electrons. The number of hydrogen-bond acceptors (Lipinski definition) is 5. The molecule has 0 bridgehead atoms. The van der Waals surface area contributed by atoms with E-state index in [1.807, 2.05) is 18.2 Å². The van der Waals surface area contributed by atoms with E-state index in [0.29, 0.717) is 32.9 Å². The zero-order valence-electron chi connectivity index (χ0n) is 14.8. The molecule has 2 amide bonds. The van der Waals surface area contributed by atoms with Crippen LogP contribution in [0.3, 0.4) is 0 Å². The number of amides is 2. The lowest BCUT2D eigenvalue weighted by molar-refractivity contribution is 0.0235. The largest absolute Gasteiger partial charge is 0.497 e. The van der Waals surface area contributed by atoms with Crippen LogP contribution >= 0.6 is 0 Å². The molecule has 1 aromatic carbocycles. The third kappa shape index (κ3) is 4.55. The average Bonchev–Trinajstić information content (AvgIpc) is 3.10. The van der Waals surface area contributed by atoms with Gasteiger partial charge in [0.15, 0.2) is 0 Å². The first-order chi connectivity index (χ1) is 12.2. The van der Waals surface area contributed by atoms with E-state index in [2.05, 4.69) is 5.32 Å². The number of rotatable bonds is 6. The van der Waals surface area contributed by atoms with Crippen molar-refractivity contribution >= 4 is 6.03 Å². The quantitative estimate of drug-likeness (QED) is 0.787. The molecule has 2 aliphatic heterocycles. The summed E-state index contributed by atoms with van der Waals surface area (Å²) >= 11 is 0. The van der Waals surface area contributed by atoms with Gasteiger partial charge in [-0.1, -0.05) is 6.07 Å². The number of fused-ring (bicyclic) bond motifs is 1. The Bertz CT molecular complexity index is 595. The van der Waals surface area contributed by atoms with E-state index in [1.165, 1.54) is 0 Å². The van der Waals surface area contributed by atoms with Crippen LogP contribution in [0.1, 0.15) is 12.0 Å². The number of nitrogens with one attached hydrogen (secondary N) is 1. The van der Waals surface area contributed by atoms with Crippen molar-refractivity contribution in [2.45, 2.75) is 25.0 Å². The summed E-state index contributed by atoms with van der Waals surface area (Å²) in [4.78, 5) is 14.3. The summed E-state index contributed by atoms with van der Waals surface area (Å²) in [6, 6.07) is 5.71. The summed E-state index contributed by atoms with van der Waals surface area (Å²) in [6.07, 6.45) is 1.71. The molecule has 138 valence electrons. The number of carbonyl (C=O) groups is 1. The Labute approximate surface area is 148 Å². The van der Waals surface area contributed by atoms with E-state index in [9.17, 15) is 4.79 Å². The Morgan fingerprint density at radius 2 is 2.24 bits per heavy atom. The number of methoxy groups -OCH3 is 2. The van der Waals surface area contributed by atoms with Crippen molar-refractivity contribution < 1.29 is 23.7 Å².